The van der Waals surface area contributed by atoms with E-state index in [2.05, 4.69) is 25.9 Å². The molecule has 1 aliphatic heterocycles. The highest BCUT2D eigenvalue weighted by Crippen LogP contribution is 2.35. The summed E-state index contributed by atoms with van der Waals surface area (Å²) in [7, 11) is 0. The number of ether oxygens (including phenoxy) is 1. The first kappa shape index (κ1) is 23.4. The molecule has 1 fully saturated rings. The summed E-state index contributed by atoms with van der Waals surface area (Å²) in [6.07, 6.45) is 1.74. The number of carbonyl (C=O) groups is 1. The highest BCUT2D eigenvalue weighted by Gasteiger charge is 2.36. The lowest BCUT2D eigenvalue weighted by Crippen LogP contribution is -2.31. The summed E-state index contributed by atoms with van der Waals surface area (Å²) < 4.78 is 22.3. The largest absolute Gasteiger partial charge is 0.342 e. The molecule has 37 heavy (non-hydrogen) atoms. The predicted octanol–water partition coefficient (Wildman–Crippen LogP) is 4.71. The number of nitrogens with one attached hydrogen (secondary N) is 2. The second kappa shape index (κ2) is 9.45. The van der Waals surface area contributed by atoms with Crippen molar-refractivity contribution in [2.24, 2.45) is 0 Å². The molecule has 0 radical (unpaired) electrons. The zero-order chi connectivity index (χ0) is 25.5. The summed E-state index contributed by atoms with van der Waals surface area (Å²) in [5.74, 6) is -0.468. The molecular weight excluding hydrogens is 541 g/mol. The smallest absolute Gasteiger partial charge is 0.323 e. The average molecular weight is 562 g/mol. The summed E-state index contributed by atoms with van der Waals surface area (Å²) in [6.45, 7) is 0.348. The van der Waals surface area contributed by atoms with Crippen LogP contribution in [-0.4, -0.2) is 43.7 Å². The number of aromatic nitrogens is 4. The Morgan fingerprint density at radius 2 is 1.76 bits per heavy atom. The maximum Gasteiger partial charge on any atom is 0.323 e. The minimum absolute atomic E-state index is 0.0527. The Balaban J connectivity index is 1.34. The first-order chi connectivity index (χ1) is 17.9. The van der Waals surface area contributed by atoms with Crippen LogP contribution < -0.4 is 5.69 Å². The van der Waals surface area contributed by atoms with E-state index < -0.39 is 6.23 Å². The fourth-order valence-corrected chi connectivity index (χ4v) is 4.82. The van der Waals surface area contributed by atoms with Crippen LogP contribution in [0.2, 0.25) is 0 Å². The van der Waals surface area contributed by atoms with E-state index in [-0.39, 0.29) is 24.0 Å². The van der Waals surface area contributed by atoms with Crippen LogP contribution >= 0.6 is 15.9 Å². The van der Waals surface area contributed by atoms with Crippen molar-refractivity contribution in [2.75, 3.05) is 13.2 Å². The Morgan fingerprint density at radius 3 is 2.54 bits per heavy atom. The molecular formula is C27H21BrFN5O3. The van der Waals surface area contributed by atoms with Crippen molar-refractivity contribution in [3.05, 3.63) is 105 Å². The van der Waals surface area contributed by atoms with Gasteiger partial charge in [-0.05, 0) is 66.1 Å². The molecule has 3 aromatic carbocycles. The fraction of sp³-hybridized carbons (Fsp3) is 0.148. The summed E-state index contributed by atoms with van der Waals surface area (Å²) >= 11 is 3.45. The van der Waals surface area contributed by atoms with E-state index >= 15 is 0 Å². The molecule has 6 rings (SSSR count). The van der Waals surface area contributed by atoms with Crippen LogP contribution in [0, 0.1) is 5.82 Å². The molecule has 0 spiro atoms. The van der Waals surface area contributed by atoms with E-state index in [1.807, 2.05) is 48.7 Å². The van der Waals surface area contributed by atoms with Gasteiger partial charge < -0.3 is 19.6 Å². The lowest BCUT2D eigenvalue weighted by Gasteiger charge is -2.23. The van der Waals surface area contributed by atoms with E-state index in [1.54, 1.807) is 21.7 Å². The molecule has 1 aliphatic rings. The Morgan fingerprint density at radius 1 is 1.00 bits per heavy atom. The number of carbonyl (C=O) groups excluding carboxylic acids is 1. The van der Waals surface area contributed by atoms with Crippen molar-refractivity contribution in [3.63, 3.8) is 0 Å². The Labute approximate surface area is 218 Å². The van der Waals surface area contributed by atoms with Gasteiger partial charge in [0.15, 0.2) is 6.23 Å². The van der Waals surface area contributed by atoms with Gasteiger partial charge in [-0.15, -0.1) is 0 Å². The molecule has 1 amide bonds. The van der Waals surface area contributed by atoms with Gasteiger partial charge in [0.05, 0.1) is 16.7 Å². The SMILES string of the molecule is O=C1CO[C@@H](c2nn(-c3ccc(Br)cc3)cc2-c2ccc(F)cc2)N1CCc1ccc2[nH]c(=O)[nH]c2c1. The van der Waals surface area contributed by atoms with Crippen molar-refractivity contribution in [2.45, 2.75) is 12.6 Å². The molecule has 186 valence electrons. The maximum absolute atomic E-state index is 13.7. The number of imidazole rings is 1. The number of rotatable bonds is 6. The molecule has 10 heteroatoms. The van der Waals surface area contributed by atoms with E-state index in [4.69, 9.17) is 9.84 Å². The third-order valence-electron chi connectivity index (χ3n) is 6.41. The number of nitrogens with zero attached hydrogens (tertiary/aromatic N) is 3. The van der Waals surface area contributed by atoms with E-state index in [1.165, 1.54) is 12.1 Å². The van der Waals surface area contributed by atoms with E-state index in [0.717, 1.165) is 37.9 Å². The third kappa shape index (κ3) is 4.61. The molecule has 0 bridgehead atoms. The fourth-order valence-electron chi connectivity index (χ4n) is 4.55. The van der Waals surface area contributed by atoms with Crippen LogP contribution in [0.25, 0.3) is 27.8 Å². The van der Waals surface area contributed by atoms with Gasteiger partial charge in [0.1, 0.15) is 18.1 Å². The number of hydrogen-bond acceptors (Lipinski definition) is 4. The van der Waals surface area contributed by atoms with Gasteiger partial charge in [0.25, 0.3) is 5.91 Å². The Kier molecular flexibility index (Phi) is 5.97. The highest BCUT2D eigenvalue weighted by molar-refractivity contribution is 9.10. The molecule has 1 atom stereocenters. The average Bonchev–Trinajstić information content (AvgIpc) is 3.59. The standard InChI is InChI=1S/C27H21BrFN5O3/c28-18-4-8-20(9-5-18)34-14-21(17-2-6-19(29)7-3-17)25(32-34)26-33(24(35)15-37-26)12-11-16-1-10-22-23(13-16)31-27(36)30-22/h1-10,13-14,26H,11-12,15H2,(H2,30,31,36)/t26-/m0/s1. The van der Waals surface area contributed by atoms with E-state index in [0.29, 0.717) is 18.7 Å². The van der Waals surface area contributed by atoms with Crippen molar-refractivity contribution in [1.29, 1.82) is 0 Å². The molecule has 0 unspecified atom stereocenters. The van der Waals surface area contributed by atoms with Crippen LogP contribution in [0.5, 0.6) is 0 Å². The van der Waals surface area contributed by atoms with Gasteiger partial charge >= 0.3 is 5.69 Å². The lowest BCUT2D eigenvalue weighted by atomic mass is 10.1. The number of fused-ring (bicyclic) bond motifs is 1. The minimum Gasteiger partial charge on any atom is -0.342 e. The van der Waals surface area contributed by atoms with Crippen LogP contribution in [0.15, 0.2) is 82.2 Å². The molecule has 0 aliphatic carbocycles. The zero-order valence-corrected chi connectivity index (χ0v) is 21.0. The van der Waals surface area contributed by atoms with Crippen LogP contribution in [0.3, 0.4) is 0 Å². The monoisotopic (exact) mass is 561 g/mol. The maximum atomic E-state index is 13.7. The third-order valence-corrected chi connectivity index (χ3v) is 6.94. The molecule has 5 aromatic rings. The summed E-state index contributed by atoms with van der Waals surface area (Å²) in [6, 6.07) is 19.5. The number of H-pyrrole nitrogens is 2. The first-order valence-corrected chi connectivity index (χ1v) is 12.5. The molecule has 8 nitrogen and oxygen atoms in total. The molecule has 0 saturated carbocycles. The van der Waals surface area contributed by atoms with Crippen LogP contribution in [0.4, 0.5) is 4.39 Å². The predicted molar refractivity (Wildman–Crippen MR) is 140 cm³/mol. The molecule has 2 aromatic heterocycles. The number of amides is 1. The van der Waals surface area contributed by atoms with Gasteiger partial charge in [-0.1, -0.05) is 34.1 Å². The number of aromatic amines is 2. The first-order valence-electron chi connectivity index (χ1n) is 11.7. The van der Waals surface area contributed by atoms with Crippen molar-refractivity contribution >= 4 is 32.9 Å². The van der Waals surface area contributed by atoms with Gasteiger partial charge in [-0.2, -0.15) is 5.10 Å². The van der Waals surface area contributed by atoms with Gasteiger partial charge in [0, 0.05) is 22.8 Å². The minimum atomic E-state index is -0.694. The van der Waals surface area contributed by atoms with Crippen LogP contribution in [-0.2, 0) is 16.0 Å². The number of hydrogen-bond donors (Lipinski definition) is 2. The van der Waals surface area contributed by atoms with Crippen LogP contribution in [0.1, 0.15) is 17.5 Å². The van der Waals surface area contributed by atoms with Gasteiger partial charge in [-0.3, -0.25) is 4.79 Å². The van der Waals surface area contributed by atoms with E-state index in [9.17, 15) is 14.0 Å². The van der Waals surface area contributed by atoms with Crippen molar-refractivity contribution < 1.29 is 13.9 Å². The van der Waals surface area contributed by atoms with Crippen molar-refractivity contribution in [3.8, 4) is 16.8 Å². The Hall–Kier alpha value is -4.02. The second-order valence-electron chi connectivity index (χ2n) is 8.82. The molecule has 1 saturated heterocycles. The topological polar surface area (TPSA) is 96.0 Å². The zero-order valence-electron chi connectivity index (χ0n) is 19.4. The number of benzene rings is 3. The van der Waals surface area contributed by atoms with Crippen molar-refractivity contribution in [1.82, 2.24) is 24.6 Å². The Bertz CT molecular complexity index is 1660. The van der Waals surface area contributed by atoms with Gasteiger partial charge in [-0.25, -0.2) is 13.9 Å². The normalized spacial score (nSPS) is 15.7. The molecule has 3 heterocycles. The second-order valence-corrected chi connectivity index (χ2v) is 9.73. The highest BCUT2D eigenvalue weighted by atomic mass is 79.9. The summed E-state index contributed by atoms with van der Waals surface area (Å²) in [5, 5.41) is 4.82. The lowest BCUT2D eigenvalue weighted by molar-refractivity contribution is -0.128. The summed E-state index contributed by atoms with van der Waals surface area (Å²) in [5.41, 5.74) is 5.09. The summed E-state index contributed by atoms with van der Waals surface area (Å²) in [4.78, 5) is 31.6. The van der Waals surface area contributed by atoms with Gasteiger partial charge in [0.2, 0.25) is 0 Å². The quantitative estimate of drug-likeness (QED) is 0.314. The number of halogens is 2. The molecule has 2 N–H and O–H groups in total.